The van der Waals surface area contributed by atoms with Crippen molar-refractivity contribution in [2.75, 3.05) is 22.9 Å². The molecule has 5 nitrogen and oxygen atoms in total. The molecule has 0 spiro atoms. The molecule has 0 amide bonds. The Morgan fingerprint density at radius 3 is 2.73 bits per heavy atom. The quantitative estimate of drug-likeness (QED) is 0.710. The molecule has 0 atom stereocenters. The molecule has 1 aliphatic rings. The Hall–Kier alpha value is -1.78. The highest BCUT2D eigenvalue weighted by atomic mass is 15.2. The van der Waals surface area contributed by atoms with Gasteiger partial charge >= 0.3 is 0 Å². The van der Waals surface area contributed by atoms with Crippen LogP contribution in [-0.2, 0) is 0 Å². The van der Waals surface area contributed by atoms with Crippen LogP contribution in [-0.4, -0.2) is 22.6 Å². The zero-order chi connectivity index (χ0) is 10.8. The fraction of sp³-hybridized carbons (Fsp3) is 0.400. The van der Waals surface area contributed by atoms with Crippen LogP contribution in [0.25, 0.3) is 0 Å². The van der Waals surface area contributed by atoms with Crippen molar-refractivity contribution in [3.63, 3.8) is 0 Å². The summed E-state index contributed by atoms with van der Waals surface area (Å²) in [4.78, 5) is 10.2. The summed E-state index contributed by atoms with van der Waals surface area (Å²) in [5.74, 6) is 1.43. The molecule has 1 aromatic heterocycles. The van der Waals surface area contributed by atoms with Gasteiger partial charge in [-0.15, -0.1) is 6.58 Å². The van der Waals surface area contributed by atoms with E-state index < -0.39 is 0 Å². The highest BCUT2D eigenvalue weighted by Gasteiger charge is 2.29. The van der Waals surface area contributed by atoms with Crippen molar-refractivity contribution in [1.29, 1.82) is 0 Å². The predicted molar refractivity (Wildman–Crippen MR) is 61.4 cm³/mol. The molecule has 0 aromatic carbocycles. The third-order valence-corrected chi connectivity index (χ3v) is 2.36. The van der Waals surface area contributed by atoms with Crippen molar-refractivity contribution in [3.8, 4) is 0 Å². The van der Waals surface area contributed by atoms with Gasteiger partial charge in [0.1, 0.15) is 11.6 Å². The van der Waals surface area contributed by atoms with Crippen molar-refractivity contribution >= 4 is 17.6 Å². The van der Waals surface area contributed by atoms with E-state index in [0.717, 1.165) is 12.4 Å². The largest absolute Gasteiger partial charge is 0.383 e. The van der Waals surface area contributed by atoms with Crippen LogP contribution in [0.4, 0.5) is 17.6 Å². The maximum absolute atomic E-state index is 5.63. The van der Waals surface area contributed by atoms with Crippen LogP contribution in [0.15, 0.2) is 18.7 Å². The molecular weight excluding hydrogens is 190 g/mol. The summed E-state index contributed by atoms with van der Waals surface area (Å²) in [7, 11) is 0. The van der Waals surface area contributed by atoms with E-state index in [0.29, 0.717) is 11.9 Å². The molecule has 80 valence electrons. The lowest BCUT2D eigenvalue weighted by Crippen LogP contribution is -2.27. The fourth-order valence-corrected chi connectivity index (χ4v) is 1.57. The number of hydrogen-bond acceptors (Lipinski definition) is 5. The molecule has 0 unspecified atom stereocenters. The van der Waals surface area contributed by atoms with Crippen LogP contribution in [0.5, 0.6) is 0 Å². The third-order valence-electron chi connectivity index (χ3n) is 2.36. The van der Waals surface area contributed by atoms with Crippen LogP contribution in [0, 0.1) is 0 Å². The number of nitrogens with two attached hydrogens (primary N) is 2. The van der Waals surface area contributed by atoms with Gasteiger partial charge in [0.2, 0.25) is 5.95 Å². The third kappa shape index (κ3) is 2.18. The van der Waals surface area contributed by atoms with Gasteiger partial charge in [0, 0.05) is 18.7 Å². The van der Waals surface area contributed by atoms with Crippen LogP contribution >= 0.6 is 0 Å². The monoisotopic (exact) mass is 205 g/mol. The van der Waals surface area contributed by atoms with Crippen LogP contribution in [0.1, 0.15) is 12.8 Å². The Bertz CT molecular complexity index is 352. The molecule has 0 bridgehead atoms. The van der Waals surface area contributed by atoms with Crippen LogP contribution in [0.2, 0.25) is 0 Å². The smallest absolute Gasteiger partial charge is 0.223 e. The summed E-state index contributed by atoms with van der Waals surface area (Å²) in [5, 5.41) is 0. The van der Waals surface area contributed by atoms with E-state index in [9.17, 15) is 0 Å². The normalized spacial score (nSPS) is 14.9. The molecule has 0 saturated heterocycles. The number of nitrogen functional groups attached to an aromatic ring is 2. The standard InChI is InChI=1S/C10H15N5/c1-2-5-15(7-3-4-7)9-6-8(11)13-10(12)14-9/h2,6-7H,1,3-5H2,(H4,11,12,13,14). The molecule has 2 rings (SSSR count). The van der Waals surface area contributed by atoms with Gasteiger partial charge in [0.05, 0.1) is 0 Å². The molecule has 1 aliphatic carbocycles. The Morgan fingerprint density at radius 1 is 1.47 bits per heavy atom. The maximum Gasteiger partial charge on any atom is 0.223 e. The average Bonchev–Trinajstić information content (AvgIpc) is 2.95. The molecule has 5 heteroatoms. The van der Waals surface area contributed by atoms with E-state index >= 15 is 0 Å². The molecule has 1 heterocycles. The predicted octanol–water partition coefficient (Wildman–Crippen LogP) is 0.796. The van der Waals surface area contributed by atoms with E-state index in [1.807, 2.05) is 6.08 Å². The van der Waals surface area contributed by atoms with E-state index in [4.69, 9.17) is 11.5 Å². The van der Waals surface area contributed by atoms with Crippen molar-refractivity contribution in [2.24, 2.45) is 0 Å². The Balaban J connectivity index is 2.27. The van der Waals surface area contributed by atoms with Gasteiger partial charge in [-0.2, -0.15) is 9.97 Å². The summed E-state index contributed by atoms with van der Waals surface area (Å²) in [6.07, 6.45) is 4.24. The van der Waals surface area contributed by atoms with E-state index in [1.165, 1.54) is 12.8 Å². The van der Waals surface area contributed by atoms with Crippen molar-refractivity contribution in [1.82, 2.24) is 9.97 Å². The van der Waals surface area contributed by atoms with Gasteiger partial charge in [-0.25, -0.2) is 0 Å². The first-order valence-electron chi connectivity index (χ1n) is 4.98. The topological polar surface area (TPSA) is 81.1 Å². The molecule has 0 radical (unpaired) electrons. The van der Waals surface area contributed by atoms with Crippen LogP contribution < -0.4 is 16.4 Å². The molecule has 1 saturated carbocycles. The Labute approximate surface area is 88.8 Å². The summed E-state index contributed by atoms with van der Waals surface area (Å²) < 4.78 is 0. The van der Waals surface area contributed by atoms with Crippen molar-refractivity contribution in [3.05, 3.63) is 18.7 Å². The highest BCUT2D eigenvalue weighted by Crippen LogP contribution is 2.31. The van der Waals surface area contributed by atoms with Gasteiger partial charge in [-0.05, 0) is 12.8 Å². The summed E-state index contributed by atoms with van der Waals surface area (Å²) in [5.41, 5.74) is 11.2. The lowest BCUT2D eigenvalue weighted by Gasteiger charge is -2.21. The lowest BCUT2D eigenvalue weighted by molar-refractivity contribution is 0.839. The second kappa shape index (κ2) is 3.76. The number of aromatic nitrogens is 2. The molecule has 1 fully saturated rings. The SMILES string of the molecule is C=CCN(c1cc(N)nc(N)n1)C1CC1. The molecule has 0 aliphatic heterocycles. The van der Waals surface area contributed by atoms with Gasteiger partial charge in [0.25, 0.3) is 0 Å². The lowest BCUT2D eigenvalue weighted by atomic mass is 10.4. The fourth-order valence-electron chi connectivity index (χ4n) is 1.57. The molecular formula is C10H15N5. The Morgan fingerprint density at radius 2 is 2.20 bits per heavy atom. The van der Waals surface area contributed by atoms with E-state index in [-0.39, 0.29) is 5.95 Å². The van der Waals surface area contributed by atoms with Gasteiger partial charge in [-0.1, -0.05) is 6.08 Å². The van der Waals surface area contributed by atoms with Gasteiger partial charge in [-0.3, -0.25) is 0 Å². The number of hydrogen-bond donors (Lipinski definition) is 2. The summed E-state index contributed by atoms with van der Waals surface area (Å²) in [6, 6.07) is 2.30. The highest BCUT2D eigenvalue weighted by molar-refractivity contribution is 5.52. The maximum atomic E-state index is 5.63. The zero-order valence-electron chi connectivity index (χ0n) is 8.56. The van der Waals surface area contributed by atoms with E-state index in [1.54, 1.807) is 6.07 Å². The first-order valence-corrected chi connectivity index (χ1v) is 4.98. The number of anilines is 3. The Kier molecular flexibility index (Phi) is 2.45. The summed E-state index contributed by atoms with van der Waals surface area (Å²) in [6.45, 7) is 4.50. The minimum Gasteiger partial charge on any atom is -0.383 e. The second-order valence-corrected chi connectivity index (χ2v) is 3.68. The van der Waals surface area contributed by atoms with E-state index in [2.05, 4.69) is 21.4 Å². The average molecular weight is 205 g/mol. The van der Waals surface area contributed by atoms with Gasteiger partial charge in [0.15, 0.2) is 0 Å². The molecule has 4 N–H and O–H groups in total. The van der Waals surface area contributed by atoms with Crippen molar-refractivity contribution < 1.29 is 0 Å². The first-order chi connectivity index (χ1) is 7.20. The second-order valence-electron chi connectivity index (χ2n) is 3.68. The van der Waals surface area contributed by atoms with Crippen LogP contribution in [0.3, 0.4) is 0 Å². The zero-order valence-corrected chi connectivity index (χ0v) is 8.56. The first kappa shape index (κ1) is 9.76. The number of nitrogens with zero attached hydrogens (tertiary/aromatic N) is 3. The van der Waals surface area contributed by atoms with Gasteiger partial charge < -0.3 is 16.4 Å². The summed E-state index contributed by atoms with van der Waals surface area (Å²) >= 11 is 0. The van der Waals surface area contributed by atoms with Crippen molar-refractivity contribution in [2.45, 2.75) is 18.9 Å². The molecule has 15 heavy (non-hydrogen) atoms. The minimum absolute atomic E-state index is 0.222. The number of rotatable bonds is 4. The minimum atomic E-state index is 0.222. The molecule has 1 aromatic rings.